The first-order chi connectivity index (χ1) is 9.65. The topological polar surface area (TPSA) is 39.1 Å². The van der Waals surface area contributed by atoms with Gasteiger partial charge in [0.1, 0.15) is 5.75 Å². The van der Waals surface area contributed by atoms with Gasteiger partial charge in [-0.25, -0.2) is 0 Å². The number of hydrogen-bond donors (Lipinski definition) is 1. The highest BCUT2D eigenvalue weighted by Crippen LogP contribution is 2.30. The van der Waals surface area contributed by atoms with Crippen molar-refractivity contribution >= 4 is 0 Å². The summed E-state index contributed by atoms with van der Waals surface area (Å²) in [4.78, 5) is 0. The molecular formula is C14H17F2N3O. The molecule has 1 aromatic heterocycles. The third-order valence-corrected chi connectivity index (χ3v) is 3.05. The molecule has 0 amide bonds. The van der Waals surface area contributed by atoms with Gasteiger partial charge in [-0.3, -0.25) is 4.68 Å². The Hall–Kier alpha value is -1.95. The summed E-state index contributed by atoms with van der Waals surface area (Å²) in [6, 6.07) is 6.52. The molecule has 0 aliphatic rings. The Morgan fingerprint density at radius 3 is 2.70 bits per heavy atom. The second-order valence-corrected chi connectivity index (χ2v) is 4.27. The van der Waals surface area contributed by atoms with Crippen LogP contribution in [0, 0.1) is 0 Å². The van der Waals surface area contributed by atoms with E-state index in [-0.39, 0.29) is 11.8 Å². The van der Waals surface area contributed by atoms with Crippen LogP contribution in [0.25, 0.3) is 0 Å². The van der Waals surface area contributed by atoms with Gasteiger partial charge in [0.25, 0.3) is 0 Å². The van der Waals surface area contributed by atoms with Crippen LogP contribution in [0.15, 0.2) is 36.7 Å². The number of hydrogen-bond acceptors (Lipinski definition) is 3. The summed E-state index contributed by atoms with van der Waals surface area (Å²) in [6.07, 6.45) is 3.62. The number of nitrogens with one attached hydrogen (secondary N) is 1. The molecule has 108 valence electrons. The van der Waals surface area contributed by atoms with E-state index < -0.39 is 6.61 Å². The minimum absolute atomic E-state index is 0.172. The number of nitrogens with zero attached hydrogens (tertiary/aromatic N) is 2. The van der Waals surface area contributed by atoms with E-state index in [4.69, 9.17) is 0 Å². The summed E-state index contributed by atoms with van der Waals surface area (Å²) in [7, 11) is 1.77. The molecule has 0 saturated carbocycles. The van der Waals surface area contributed by atoms with Crippen LogP contribution < -0.4 is 10.1 Å². The molecule has 2 aromatic rings. The lowest BCUT2D eigenvalue weighted by Gasteiger charge is -2.18. The van der Waals surface area contributed by atoms with Crippen molar-refractivity contribution < 1.29 is 13.5 Å². The van der Waals surface area contributed by atoms with Crippen molar-refractivity contribution in [2.24, 2.45) is 0 Å². The van der Waals surface area contributed by atoms with Crippen molar-refractivity contribution in [3.63, 3.8) is 0 Å². The molecule has 1 N–H and O–H groups in total. The van der Waals surface area contributed by atoms with Crippen LogP contribution in [-0.4, -0.2) is 23.4 Å². The predicted molar refractivity (Wildman–Crippen MR) is 71.9 cm³/mol. The molecule has 0 bridgehead atoms. The van der Waals surface area contributed by atoms with Crippen LogP contribution in [-0.2, 0) is 6.54 Å². The third kappa shape index (κ3) is 3.14. The number of aryl methyl sites for hydroxylation is 1. The van der Waals surface area contributed by atoms with E-state index in [2.05, 4.69) is 15.2 Å². The van der Waals surface area contributed by atoms with Gasteiger partial charge in [-0.1, -0.05) is 18.2 Å². The number of ether oxygens (including phenoxy) is 1. The molecule has 1 heterocycles. The highest BCUT2D eigenvalue weighted by atomic mass is 19.3. The molecule has 1 atom stereocenters. The van der Waals surface area contributed by atoms with E-state index in [1.807, 2.05) is 13.1 Å². The van der Waals surface area contributed by atoms with E-state index in [1.165, 1.54) is 6.07 Å². The van der Waals surface area contributed by atoms with Gasteiger partial charge < -0.3 is 10.1 Å². The van der Waals surface area contributed by atoms with Crippen LogP contribution in [0.5, 0.6) is 5.75 Å². The molecule has 1 aromatic carbocycles. The van der Waals surface area contributed by atoms with Gasteiger partial charge in [0.2, 0.25) is 0 Å². The van der Waals surface area contributed by atoms with Gasteiger partial charge in [0.05, 0.1) is 12.2 Å². The first-order valence-corrected chi connectivity index (χ1v) is 6.39. The monoisotopic (exact) mass is 281 g/mol. The van der Waals surface area contributed by atoms with Crippen LogP contribution in [0.3, 0.4) is 0 Å². The van der Waals surface area contributed by atoms with Gasteiger partial charge >= 0.3 is 6.61 Å². The zero-order chi connectivity index (χ0) is 14.5. The van der Waals surface area contributed by atoms with Crippen LogP contribution in [0.1, 0.15) is 24.1 Å². The SMILES string of the molecule is CCn1cc(C(NC)c2ccccc2OC(F)F)cn1. The second-order valence-electron chi connectivity index (χ2n) is 4.27. The lowest BCUT2D eigenvalue weighted by Crippen LogP contribution is -2.19. The summed E-state index contributed by atoms with van der Waals surface area (Å²) in [5, 5.41) is 7.31. The smallest absolute Gasteiger partial charge is 0.387 e. The van der Waals surface area contributed by atoms with Crippen molar-refractivity contribution in [2.75, 3.05) is 7.05 Å². The number of aromatic nitrogens is 2. The fraction of sp³-hybridized carbons (Fsp3) is 0.357. The largest absolute Gasteiger partial charge is 0.434 e. The fourth-order valence-corrected chi connectivity index (χ4v) is 2.13. The minimum atomic E-state index is -2.84. The van der Waals surface area contributed by atoms with Gasteiger partial charge in [-0.15, -0.1) is 0 Å². The number of benzene rings is 1. The Morgan fingerprint density at radius 2 is 2.10 bits per heavy atom. The van der Waals surface area contributed by atoms with Gasteiger partial charge in [-0.2, -0.15) is 13.9 Å². The van der Waals surface area contributed by atoms with Crippen LogP contribution in [0.4, 0.5) is 8.78 Å². The zero-order valence-electron chi connectivity index (χ0n) is 11.4. The third-order valence-electron chi connectivity index (χ3n) is 3.05. The molecule has 4 nitrogen and oxygen atoms in total. The van der Waals surface area contributed by atoms with Crippen molar-refractivity contribution in [2.45, 2.75) is 26.1 Å². The summed E-state index contributed by atoms with van der Waals surface area (Å²) in [6.45, 7) is -0.100. The predicted octanol–water partition coefficient (Wildman–Crippen LogP) is 2.81. The minimum Gasteiger partial charge on any atom is -0.434 e. The second kappa shape index (κ2) is 6.47. The molecule has 0 fully saturated rings. The Kier molecular flexibility index (Phi) is 4.68. The quantitative estimate of drug-likeness (QED) is 0.885. The standard InChI is InChI=1S/C14H17F2N3O/c1-3-19-9-10(8-18-19)13(17-2)11-6-4-5-7-12(11)20-14(15)16/h4-9,13-14,17H,3H2,1-2H3. The molecular weight excluding hydrogens is 264 g/mol. The van der Waals surface area contributed by atoms with E-state index in [0.29, 0.717) is 5.56 Å². The first-order valence-electron chi connectivity index (χ1n) is 6.39. The maximum atomic E-state index is 12.5. The number of alkyl halides is 2. The maximum absolute atomic E-state index is 12.5. The van der Waals surface area contributed by atoms with Gasteiger partial charge in [-0.05, 0) is 20.0 Å². The van der Waals surface area contributed by atoms with Gasteiger partial charge in [0, 0.05) is 23.9 Å². The molecule has 0 aliphatic heterocycles. The Labute approximate surface area is 116 Å². The Balaban J connectivity index is 2.36. The van der Waals surface area contributed by atoms with Crippen LogP contribution >= 0.6 is 0 Å². The van der Waals surface area contributed by atoms with E-state index >= 15 is 0 Å². The lowest BCUT2D eigenvalue weighted by molar-refractivity contribution is -0.0506. The fourth-order valence-electron chi connectivity index (χ4n) is 2.13. The summed E-state index contributed by atoms with van der Waals surface area (Å²) in [5.74, 6) is 0.172. The number of para-hydroxylation sites is 1. The summed E-state index contributed by atoms with van der Waals surface area (Å²) >= 11 is 0. The Morgan fingerprint density at radius 1 is 1.35 bits per heavy atom. The van der Waals surface area contributed by atoms with E-state index in [1.54, 1.807) is 36.1 Å². The number of rotatable bonds is 6. The maximum Gasteiger partial charge on any atom is 0.387 e. The summed E-state index contributed by atoms with van der Waals surface area (Å²) in [5.41, 5.74) is 1.56. The van der Waals surface area contributed by atoms with E-state index in [0.717, 1.165) is 12.1 Å². The average Bonchev–Trinajstić information content (AvgIpc) is 2.90. The molecule has 0 aliphatic carbocycles. The van der Waals surface area contributed by atoms with Gasteiger partial charge in [0.15, 0.2) is 0 Å². The highest BCUT2D eigenvalue weighted by molar-refractivity contribution is 5.40. The zero-order valence-corrected chi connectivity index (χ0v) is 11.4. The van der Waals surface area contributed by atoms with Crippen molar-refractivity contribution in [1.82, 2.24) is 15.1 Å². The molecule has 0 radical (unpaired) electrons. The van der Waals surface area contributed by atoms with Crippen LogP contribution in [0.2, 0.25) is 0 Å². The summed E-state index contributed by atoms with van der Waals surface area (Å²) < 4.78 is 31.3. The molecule has 2 rings (SSSR count). The molecule has 1 unspecified atom stereocenters. The first kappa shape index (κ1) is 14.5. The normalized spacial score (nSPS) is 12.7. The van der Waals surface area contributed by atoms with E-state index in [9.17, 15) is 8.78 Å². The number of halogens is 2. The van der Waals surface area contributed by atoms with Crippen molar-refractivity contribution in [1.29, 1.82) is 0 Å². The molecule has 0 saturated heterocycles. The molecule has 0 spiro atoms. The van der Waals surface area contributed by atoms with Crippen molar-refractivity contribution in [3.8, 4) is 5.75 Å². The van der Waals surface area contributed by atoms with Crippen molar-refractivity contribution in [3.05, 3.63) is 47.8 Å². The average molecular weight is 281 g/mol. The highest BCUT2D eigenvalue weighted by Gasteiger charge is 2.19. The molecule has 6 heteroatoms. The molecule has 20 heavy (non-hydrogen) atoms. The lowest BCUT2D eigenvalue weighted by atomic mass is 10.0. The Bertz CT molecular complexity index is 557.